The Hall–Kier alpha value is -1.62. The number of hydrogen-bond donors (Lipinski definition) is 1. The smallest absolute Gasteiger partial charge is 0.150 e. The first kappa shape index (κ1) is 10.9. The highest BCUT2D eigenvalue weighted by molar-refractivity contribution is 5.05. The van der Waals surface area contributed by atoms with Gasteiger partial charge in [-0.2, -0.15) is 5.10 Å². The summed E-state index contributed by atoms with van der Waals surface area (Å²) in [7, 11) is 1.92. The molecule has 0 bridgehead atoms. The Kier molecular flexibility index (Phi) is 3.36. The molecule has 0 atom stereocenters. The van der Waals surface area contributed by atoms with E-state index in [0.29, 0.717) is 0 Å². The molecular weight excluding hydrogens is 204 g/mol. The van der Waals surface area contributed by atoms with Gasteiger partial charge in [-0.15, -0.1) is 0 Å². The molecule has 5 nitrogen and oxygen atoms in total. The first-order chi connectivity index (χ1) is 7.74. The maximum atomic E-state index is 5.09. The van der Waals surface area contributed by atoms with Crippen LogP contribution in [0.3, 0.4) is 0 Å². The summed E-state index contributed by atoms with van der Waals surface area (Å²) in [6.07, 6.45) is 4.89. The second kappa shape index (κ2) is 4.94. The molecule has 5 heteroatoms. The number of hydrogen-bond acceptors (Lipinski definition) is 4. The normalized spacial score (nSPS) is 10.9. The largest absolute Gasteiger partial charge is 0.360 e. The molecule has 0 aliphatic carbocycles. The van der Waals surface area contributed by atoms with Gasteiger partial charge < -0.3 is 9.84 Å². The lowest BCUT2D eigenvalue weighted by Gasteiger charge is -1.99. The summed E-state index contributed by atoms with van der Waals surface area (Å²) in [6, 6.07) is 1.94. The first-order valence-electron chi connectivity index (χ1n) is 5.34. The van der Waals surface area contributed by atoms with Gasteiger partial charge >= 0.3 is 0 Å². The molecule has 2 heterocycles. The molecule has 16 heavy (non-hydrogen) atoms. The zero-order valence-corrected chi connectivity index (χ0v) is 9.60. The van der Waals surface area contributed by atoms with Crippen LogP contribution in [0.4, 0.5) is 0 Å². The maximum absolute atomic E-state index is 5.09. The molecule has 0 amide bonds. The molecule has 0 aliphatic rings. The Labute approximate surface area is 94.4 Å². The van der Waals surface area contributed by atoms with Crippen LogP contribution in [0.2, 0.25) is 0 Å². The van der Waals surface area contributed by atoms with Crippen LogP contribution in [-0.4, -0.2) is 21.5 Å². The summed E-state index contributed by atoms with van der Waals surface area (Å²) >= 11 is 0. The van der Waals surface area contributed by atoms with Crippen LogP contribution in [0.1, 0.15) is 17.0 Å². The molecule has 0 aliphatic heterocycles. The van der Waals surface area contributed by atoms with Gasteiger partial charge in [0.25, 0.3) is 0 Å². The van der Waals surface area contributed by atoms with Gasteiger partial charge in [0.1, 0.15) is 0 Å². The fourth-order valence-corrected chi connectivity index (χ4v) is 1.54. The summed E-state index contributed by atoms with van der Waals surface area (Å²) < 4.78 is 6.91. The minimum absolute atomic E-state index is 0.723. The van der Waals surface area contributed by atoms with E-state index in [-0.39, 0.29) is 0 Å². The van der Waals surface area contributed by atoms with Crippen molar-refractivity contribution >= 4 is 0 Å². The molecule has 0 fully saturated rings. The van der Waals surface area contributed by atoms with Crippen molar-refractivity contribution in [3.05, 3.63) is 35.5 Å². The lowest BCUT2D eigenvalue weighted by Crippen LogP contribution is -2.16. The van der Waals surface area contributed by atoms with E-state index in [0.717, 1.165) is 31.0 Å². The zero-order valence-electron chi connectivity index (χ0n) is 9.60. The van der Waals surface area contributed by atoms with Crippen LogP contribution < -0.4 is 5.32 Å². The summed E-state index contributed by atoms with van der Waals surface area (Å²) in [5.74, 6) is 0.878. The van der Waals surface area contributed by atoms with E-state index in [1.54, 1.807) is 0 Å². The topological polar surface area (TPSA) is 55.9 Å². The second-order valence-electron chi connectivity index (χ2n) is 3.88. The molecule has 0 aromatic carbocycles. The Morgan fingerprint density at radius 1 is 1.50 bits per heavy atom. The minimum Gasteiger partial charge on any atom is -0.360 e. The number of nitrogens with zero attached hydrogens (tertiary/aromatic N) is 3. The zero-order chi connectivity index (χ0) is 11.4. The van der Waals surface area contributed by atoms with Crippen molar-refractivity contribution in [2.24, 2.45) is 7.05 Å². The standard InChI is InChI=1S/C11H16N4O/c1-9-5-11(16-14-9)7-12-4-3-10-6-13-15(2)8-10/h5-6,8,12H,3-4,7H2,1-2H3. The molecular formula is C11H16N4O. The fourth-order valence-electron chi connectivity index (χ4n) is 1.54. The van der Waals surface area contributed by atoms with Crippen molar-refractivity contribution in [2.75, 3.05) is 6.54 Å². The van der Waals surface area contributed by atoms with E-state index in [2.05, 4.69) is 15.6 Å². The Balaban J connectivity index is 1.69. The molecule has 0 radical (unpaired) electrons. The monoisotopic (exact) mass is 220 g/mol. The average Bonchev–Trinajstić information content (AvgIpc) is 2.83. The molecule has 0 unspecified atom stereocenters. The molecule has 2 rings (SSSR count). The molecule has 1 N–H and O–H groups in total. The number of rotatable bonds is 5. The van der Waals surface area contributed by atoms with Gasteiger partial charge in [-0.3, -0.25) is 4.68 Å². The Bertz CT molecular complexity index is 404. The van der Waals surface area contributed by atoms with Gasteiger partial charge in [0, 0.05) is 19.3 Å². The Morgan fingerprint density at radius 3 is 3.00 bits per heavy atom. The van der Waals surface area contributed by atoms with Gasteiger partial charge in [-0.1, -0.05) is 5.16 Å². The van der Waals surface area contributed by atoms with E-state index in [4.69, 9.17) is 4.52 Å². The third-order valence-electron chi connectivity index (χ3n) is 2.32. The quantitative estimate of drug-likeness (QED) is 0.765. The van der Waals surface area contributed by atoms with Crippen molar-refractivity contribution in [1.82, 2.24) is 20.3 Å². The van der Waals surface area contributed by atoms with Crippen LogP contribution in [0.15, 0.2) is 23.0 Å². The van der Waals surface area contributed by atoms with Crippen LogP contribution in [0.25, 0.3) is 0 Å². The predicted molar refractivity (Wildman–Crippen MR) is 59.9 cm³/mol. The highest BCUT2D eigenvalue weighted by Gasteiger charge is 2.00. The molecule has 2 aromatic rings. The van der Waals surface area contributed by atoms with Gasteiger partial charge in [-0.05, 0) is 25.5 Å². The van der Waals surface area contributed by atoms with E-state index in [9.17, 15) is 0 Å². The number of nitrogens with one attached hydrogen (secondary N) is 1. The fraction of sp³-hybridized carbons (Fsp3) is 0.455. The molecule has 0 saturated heterocycles. The van der Waals surface area contributed by atoms with Crippen molar-refractivity contribution in [3.63, 3.8) is 0 Å². The average molecular weight is 220 g/mol. The lowest BCUT2D eigenvalue weighted by molar-refractivity contribution is 0.370. The van der Waals surface area contributed by atoms with E-state index < -0.39 is 0 Å². The van der Waals surface area contributed by atoms with Crippen LogP contribution >= 0.6 is 0 Å². The SMILES string of the molecule is Cc1cc(CNCCc2cnn(C)c2)on1. The molecule has 0 spiro atoms. The van der Waals surface area contributed by atoms with Crippen LogP contribution in [0.5, 0.6) is 0 Å². The summed E-state index contributed by atoms with van der Waals surface area (Å²) in [4.78, 5) is 0. The van der Waals surface area contributed by atoms with Crippen molar-refractivity contribution in [1.29, 1.82) is 0 Å². The minimum atomic E-state index is 0.723. The van der Waals surface area contributed by atoms with Crippen LogP contribution in [0, 0.1) is 6.92 Å². The predicted octanol–water partition coefficient (Wildman–Crippen LogP) is 1.05. The van der Waals surface area contributed by atoms with E-state index in [1.165, 1.54) is 5.56 Å². The van der Waals surface area contributed by atoms with Gasteiger partial charge in [0.05, 0.1) is 18.4 Å². The third-order valence-corrected chi connectivity index (χ3v) is 2.32. The van der Waals surface area contributed by atoms with Gasteiger partial charge in [0.15, 0.2) is 5.76 Å². The van der Waals surface area contributed by atoms with Crippen molar-refractivity contribution in [3.8, 4) is 0 Å². The highest BCUT2D eigenvalue weighted by atomic mass is 16.5. The number of aromatic nitrogens is 3. The maximum Gasteiger partial charge on any atom is 0.150 e. The number of aryl methyl sites for hydroxylation is 2. The Morgan fingerprint density at radius 2 is 2.38 bits per heavy atom. The first-order valence-corrected chi connectivity index (χ1v) is 5.34. The lowest BCUT2D eigenvalue weighted by atomic mass is 10.2. The van der Waals surface area contributed by atoms with Crippen LogP contribution in [-0.2, 0) is 20.0 Å². The summed E-state index contributed by atoms with van der Waals surface area (Å²) in [5, 5.41) is 11.2. The van der Waals surface area contributed by atoms with Crippen molar-refractivity contribution in [2.45, 2.75) is 19.9 Å². The summed E-state index contributed by atoms with van der Waals surface area (Å²) in [5.41, 5.74) is 2.16. The molecule has 2 aromatic heterocycles. The summed E-state index contributed by atoms with van der Waals surface area (Å²) in [6.45, 7) is 3.55. The van der Waals surface area contributed by atoms with Crippen molar-refractivity contribution < 1.29 is 4.52 Å². The third kappa shape index (κ3) is 2.93. The molecule has 0 saturated carbocycles. The van der Waals surface area contributed by atoms with E-state index >= 15 is 0 Å². The highest BCUT2D eigenvalue weighted by Crippen LogP contribution is 2.01. The van der Waals surface area contributed by atoms with Gasteiger partial charge in [-0.25, -0.2) is 0 Å². The van der Waals surface area contributed by atoms with E-state index in [1.807, 2.05) is 37.1 Å². The van der Waals surface area contributed by atoms with Gasteiger partial charge in [0.2, 0.25) is 0 Å². The second-order valence-corrected chi connectivity index (χ2v) is 3.88. The molecule has 86 valence electrons.